The number of aromatic nitrogens is 3. The van der Waals surface area contributed by atoms with Gasteiger partial charge in [-0.05, 0) is 47.8 Å². The molecule has 3 heterocycles. The third-order valence-electron chi connectivity index (χ3n) is 4.74. The summed E-state index contributed by atoms with van der Waals surface area (Å²) < 4.78 is 7.23. The Labute approximate surface area is 174 Å². The molecular formula is C22H16N4O3S. The maximum Gasteiger partial charge on any atom is 0.262 e. The van der Waals surface area contributed by atoms with Crippen molar-refractivity contribution in [2.75, 3.05) is 5.32 Å². The van der Waals surface area contributed by atoms with Crippen LogP contribution in [0.5, 0.6) is 0 Å². The fourth-order valence-electron chi connectivity index (χ4n) is 3.19. The van der Waals surface area contributed by atoms with E-state index in [9.17, 15) is 9.59 Å². The molecule has 1 N–H and O–H groups in total. The summed E-state index contributed by atoms with van der Waals surface area (Å²) in [6.45, 7) is 0.268. The number of oxazole rings is 1. The number of carbonyl (C=O) groups excluding carboxylic acids is 1. The number of nitrogens with one attached hydrogen (secondary N) is 1. The van der Waals surface area contributed by atoms with E-state index in [1.807, 2.05) is 41.8 Å². The van der Waals surface area contributed by atoms with Crippen LogP contribution in [-0.2, 0) is 11.3 Å². The van der Waals surface area contributed by atoms with Gasteiger partial charge in [-0.2, -0.15) is 0 Å². The number of benzene rings is 2. The first-order valence-corrected chi connectivity index (χ1v) is 10.2. The van der Waals surface area contributed by atoms with Gasteiger partial charge in [0.1, 0.15) is 10.3 Å². The molecule has 0 fully saturated rings. The highest BCUT2D eigenvalue weighted by Crippen LogP contribution is 2.25. The van der Waals surface area contributed by atoms with Crippen LogP contribution in [0.15, 0.2) is 75.5 Å². The number of hydrogen-bond acceptors (Lipinski definition) is 6. The predicted octanol–water partition coefficient (Wildman–Crippen LogP) is 4.30. The van der Waals surface area contributed by atoms with Crippen LogP contribution in [0.4, 0.5) is 5.69 Å². The number of thiophene rings is 1. The average Bonchev–Trinajstić information content (AvgIpc) is 3.41. The Hall–Kier alpha value is -3.78. The summed E-state index contributed by atoms with van der Waals surface area (Å²) in [7, 11) is 0. The second-order valence-corrected chi connectivity index (χ2v) is 7.64. The molecule has 1 amide bonds. The monoisotopic (exact) mass is 416 g/mol. The molecule has 148 valence electrons. The number of rotatable bonds is 5. The Balaban J connectivity index is 1.24. The number of aryl methyl sites for hydroxylation is 1. The first-order valence-electron chi connectivity index (χ1n) is 9.36. The van der Waals surface area contributed by atoms with E-state index in [1.165, 1.54) is 22.2 Å². The normalized spacial score (nSPS) is 11.2. The summed E-state index contributed by atoms with van der Waals surface area (Å²) in [5.74, 6) is 0.353. The predicted molar refractivity (Wildman–Crippen MR) is 117 cm³/mol. The van der Waals surface area contributed by atoms with Gasteiger partial charge in [0.15, 0.2) is 5.58 Å². The molecule has 0 spiro atoms. The van der Waals surface area contributed by atoms with Crippen molar-refractivity contribution in [3.8, 4) is 11.5 Å². The van der Waals surface area contributed by atoms with Gasteiger partial charge in [0, 0.05) is 24.2 Å². The van der Waals surface area contributed by atoms with Gasteiger partial charge in [-0.25, -0.2) is 9.97 Å². The summed E-state index contributed by atoms with van der Waals surface area (Å²) in [4.78, 5) is 34.1. The molecule has 3 aromatic heterocycles. The number of nitrogens with zero attached hydrogens (tertiary/aromatic N) is 3. The van der Waals surface area contributed by atoms with Crippen LogP contribution >= 0.6 is 11.3 Å². The van der Waals surface area contributed by atoms with Crippen molar-refractivity contribution < 1.29 is 9.21 Å². The maximum atomic E-state index is 12.4. The van der Waals surface area contributed by atoms with Crippen molar-refractivity contribution in [1.29, 1.82) is 0 Å². The number of fused-ring (bicyclic) bond motifs is 2. The molecule has 30 heavy (non-hydrogen) atoms. The van der Waals surface area contributed by atoms with Crippen molar-refractivity contribution in [3.05, 3.63) is 76.7 Å². The third-order valence-corrected chi connectivity index (χ3v) is 5.56. The van der Waals surface area contributed by atoms with Crippen molar-refractivity contribution in [3.63, 3.8) is 0 Å². The highest BCUT2D eigenvalue weighted by molar-refractivity contribution is 7.16. The topological polar surface area (TPSA) is 90.0 Å². The zero-order chi connectivity index (χ0) is 20.5. The molecule has 0 aliphatic heterocycles. The van der Waals surface area contributed by atoms with Crippen molar-refractivity contribution in [1.82, 2.24) is 14.5 Å². The smallest absolute Gasteiger partial charge is 0.262 e. The van der Waals surface area contributed by atoms with Crippen molar-refractivity contribution >= 4 is 44.2 Å². The second kappa shape index (κ2) is 7.57. The second-order valence-electron chi connectivity index (χ2n) is 6.74. The van der Waals surface area contributed by atoms with E-state index in [2.05, 4.69) is 15.3 Å². The Kier molecular flexibility index (Phi) is 4.61. The summed E-state index contributed by atoms with van der Waals surface area (Å²) >= 11 is 1.42. The van der Waals surface area contributed by atoms with Crippen molar-refractivity contribution in [2.45, 2.75) is 13.0 Å². The number of amides is 1. The van der Waals surface area contributed by atoms with Crippen molar-refractivity contribution in [2.24, 2.45) is 0 Å². The Morgan fingerprint density at radius 3 is 2.77 bits per heavy atom. The molecule has 2 aromatic carbocycles. The minimum Gasteiger partial charge on any atom is -0.436 e. The molecule has 5 aromatic rings. The van der Waals surface area contributed by atoms with E-state index < -0.39 is 0 Å². The van der Waals surface area contributed by atoms with Crippen LogP contribution < -0.4 is 10.9 Å². The Morgan fingerprint density at radius 1 is 1.10 bits per heavy atom. The average molecular weight is 416 g/mol. The summed E-state index contributed by atoms with van der Waals surface area (Å²) in [5.41, 5.74) is 2.90. The lowest BCUT2D eigenvalue weighted by molar-refractivity contribution is -0.116. The maximum absolute atomic E-state index is 12.4. The zero-order valence-electron chi connectivity index (χ0n) is 15.7. The van der Waals surface area contributed by atoms with Crippen LogP contribution in [0, 0.1) is 0 Å². The van der Waals surface area contributed by atoms with Gasteiger partial charge in [0.25, 0.3) is 5.56 Å². The lowest BCUT2D eigenvalue weighted by Crippen LogP contribution is -2.23. The van der Waals surface area contributed by atoms with E-state index >= 15 is 0 Å². The van der Waals surface area contributed by atoms with Gasteiger partial charge >= 0.3 is 0 Å². The standard InChI is InChI=1S/C22H16N4O3S/c27-19(9-11-26-13-23-21-16(22(26)28)10-12-30-21)24-15-7-5-14(6-8-15)20-25-17-3-1-2-4-18(17)29-20/h1-8,10,12-13H,9,11H2,(H,24,27). The van der Waals surface area contributed by atoms with E-state index in [4.69, 9.17) is 4.42 Å². The van der Waals surface area contributed by atoms with Gasteiger partial charge in [-0.1, -0.05) is 12.1 Å². The molecule has 0 unspecified atom stereocenters. The highest BCUT2D eigenvalue weighted by atomic mass is 32.1. The first-order chi connectivity index (χ1) is 14.7. The molecule has 0 aliphatic carbocycles. The highest BCUT2D eigenvalue weighted by Gasteiger charge is 2.10. The van der Waals surface area contributed by atoms with Crippen LogP contribution in [0.25, 0.3) is 32.8 Å². The number of anilines is 1. The van der Waals surface area contributed by atoms with Gasteiger partial charge in [0.2, 0.25) is 11.8 Å². The van der Waals surface area contributed by atoms with Crippen LogP contribution in [0.1, 0.15) is 6.42 Å². The molecular weight excluding hydrogens is 400 g/mol. The van der Waals surface area contributed by atoms with Crippen LogP contribution in [0.2, 0.25) is 0 Å². The van der Waals surface area contributed by atoms with Gasteiger partial charge in [0.05, 0.1) is 11.7 Å². The van der Waals surface area contributed by atoms with E-state index in [-0.39, 0.29) is 24.4 Å². The molecule has 8 heteroatoms. The molecule has 0 bridgehead atoms. The van der Waals surface area contributed by atoms with E-state index in [1.54, 1.807) is 18.2 Å². The van der Waals surface area contributed by atoms with Crippen LogP contribution in [0.3, 0.4) is 0 Å². The number of carbonyl (C=O) groups is 1. The SMILES string of the molecule is O=C(CCn1cnc2sccc2c1=O)Nc1ccc(-c2nc3ccccc3o2)cc1. The minimum absolute atomic E-state index is 0.128. The lowest BCUT2D eigenvalue weighted by Gasteiger charge is -2.07. The molecule has 0 atom stereocenters. The zero-order valence-corrected chi connectivity index (χ0v) is 16.6. The quantitative estimate of drug-likeness (QED) is 0.461. The van der Waals surface area contributed by atoms with Crippen LogP contribution in [-0.4, -0.2) is 20.4 Å². The molecule has 0 aliphatic rings. The Bertz CT molecular complexity index is 1380. The van der Waals surface area contributed by atoms with Gasteiger partial charge in [-0.15, -0.1) is 11.3 Å². The molecule has 7 nitrogen and oxygen atoms in total. The van der Waals surface area contributed by atoms with Gasteiger partial charge < -0.3 is 9.73 Å². The number of hydrogen-bond donors (Lipinski definition) is 1. The largest absolute Gasteiger partial charge is 0.436 e. The Morgan fingerprint density at radius 2 is 1.93 bits per heavy atom. The third kappa shape index (κ3) is 3.48. The fourth-order valence-corrected chi connectivity index (χ4v) is 3.91. The van der Waals surface area contributed by atoms with Gasteiger partial charge in [-0.3, -0.25) is 14.2 Å². The van der Waals surface area contributed by atoms with E-state index in [0.717, 1.165) is 16.7 Å². The molecule has 0 saturated heterocycles. The number of para-hydroxylation sites is 2. The molecule has 0 saturated carbocycles. The first kappa shape index (κ1) is 18.3. The molecule has 0 radical (unpaired) electrons. The summed E-state index contributed by atoms with van der Waals surface area (Å²) in [6, 6.07) is 16.6. The minimum atomic E-state index is -0.179. The summed E-state index contributed by atoms with van der Waals surface area (Å²) in [6.07, 6.45) is 1.66. The molecule has 5 rings (SSSR count). The fraction of sp³-hybridized carbons (Fsp3) is 0.0909. The summed E-state index contributed by atoms with van der Waals surface area (Å²) in [5, 5.41) is 5.26. The lowest BCUT2D eigenvalue weighted by atomic mass is 10.2. The van der Waals surface area contributed by atoms with E-state index in [0.29, 0.717) is 21.8 Å².